The average molecular weight is 445 g/mol. The molecule has 1 fully saturated rings. The molecular weight excluding hydrogens is 421 g/mol. The molecule has 0 bridgehead atoms. The molecule has 9 heteroatoms. The van der Waals surface area contributed by atoms with Crippen LogP contribution < -0.4 is 10.6 Å². The van der Waals surface area contributed by atoms with Crippen molar-refractivity contribution >= 4 is 34.6 Å². The number of nitrogens with one attached hydrogen (secondary N) is 2. The molecule has 0 spiro atoms. The molecule has 1 aromatic carbocycles. The molecule has 0 saturated heterocycles. The quantitative estimate of drug-likeness (QED) is 0.410. The lowest BCUT2D eigenvalue weighted by Crippen LogP contribution is -2.30. The highest BCUT2D eigenvalue weighted by Gasteiger charge is 2.41. The zero-order valence-corrected chi connectivity index (χ0v) is 17.9. The van der Waals surface area contributed by atoms with E-state index in [2.05, 4.69) is 41.7 Å². The molecule has 158 valence electrons. The normalized spacial score (nSPS) is 14.3. The predicted molar refractivity (Wildman–Crippen MR) is 114 cm³/mol. The summed E-state index contributed by atoms with van der Waals surface area (Å²) in [4.78, 5) is 0. The molecule has 1 aromatic heterocycles. The molecule has 2 N–H and O–H groups in total. The summed E-state index contributed by atoms with van der Waals surface area (Å²) >= 11 is 11.3. The van der Waals surface area contributed by atoms with Gasteiger partial charge in [-0.1, -0.05) is 37.6 Å². The van der Waals surface area contributed by atoms with Crippen molar-refractivity contribution < 1.29 is 13.2 Å². The second-order valence-corrected chi connectivity index (χ2v) is 8.34. The Balaban J connectivity index is 1.51. The molecule has 0 aliphatic heterocycles. The van der Waals surface area contributed by atoms with Gasteiger partial charge in [0.05, 0.1) is 10.7 Å². The third kappa shape index (κ3) is 5.63. The first-order valence-electron chi connectivity index (χ1n) is 9.65. The van der Waals surface area contributed by atoms with Crippen LogP contribution in [0, 0.1) is 0 Å². The van der Waals surface area contributed by atoms with E-state index in [-0.39, 0.29) is 10.9 Å². The first-order chi connectivity index (χ1) is 13.7. The minimum absolute atomic E-state index is 0.0793. The average Bonchev–Trinajstić information content (AvgIpc) is 3.41. The topological polar surface area (TPSA) is 41.9 Å². The number of thiocarbonyl (C=S) groups is 1. The highest BCUT2D eigenvalue weighted by molar-refractivity contribution is 7.80. The molecule has 1 saturated carbocycles. The lowest BCUT2D eigenvalue weighted by molar-refractivity contribution is -0.141. The van der Waals surface area contributed by atoms with Crippen LogP contribution in [0.1, 0.15) is 61.9 Å². The summed E-state index contributed by atoms with van der Waals surface area (Å²) in [5, 5.41) is 10.1. The zero-order chi connectivity index (χ0) is 21.2. The molecule has 1 aliphatic rings. The molecule has 1 aliphatic carbocycles. The van der Waals surface area contributed by atoms with Crippen LogP contribution in [-0.2, 0) is 12.7 Å². The Morgan fingerprint density at radius 3 is 2.48 bits per heavy atom. The number of alkyl halides is 3. The Hall–Kier alpha value is -1.80. The number of nitrogens with zero attached hydrogens (tertiary/aromatic N) is 2. The lowest BCUT2D eigenvalue weighted by Gasteiger charge is -2.12. The third-order valence-corrected chi connectivity index (χ3v) is 5.45. The van der Waals surface area contributed by atoms with Gasteiger partial charge in [-0.15, -0.1) is 0 Å². The van der Waals surface area contributed by atoms with E-state index in [1.54, 1.807) is 0 Å². The van der Waals surface area contributed by atoms with Crippen LogP contribution in [0.4, 0.5) is 18.9 Å². The molecule has 3 rings (SSSR count). The van der Waals surface area contributed by atoms with Crippen molar-refractivity contribution in [3.63, 3.8) is 0 Å². The Kier molecular flexibility index (Phi) is 6.73. The second kappa shape index (κ2) is 8.92. The van der Waals surface area contributed by atoms with Crippen molar-refractivity contribution in [3.8, 4) is 0 Å². The summed E-state index contributed by atoms with van der Waals surface area (Å²) in [6.45, 7) is 5.13. The number of halogens is 4. The van der Waals surface area contributed by atoms with Crippen molar-refractivity contribution in [1.29, 1.82) is 0 Å². The summed E-state index contributed by atoms with van der Waals surface area (Å²) in [5.41, 5.74) is 1.65. The number of aromatic nitrogens is 2. The van der Waals surface area contributed by atoms with Gasteiger partial charge >= 0.3 is 6.18 Å². The number of benzene rings is 1. The Morgan fingerprint density at radius 1 is 1.28 bits per heavy atom. The van der Waals surface area contributed by atoms with Crippen LogP contribution in [0.25, 0.3) is 0 Å². The largest absolute Gasteiger partial charge is 0.436 e. The predicted octanol–water partition coefficient (Wildman–Crippen LogP) is 5.93. The van der Waals surface area contributed by atoms with Crippen LogP contribution in [0.5, 0.6) is 0 Å². The van der Waals surface area contributed by atoms with E-state index in [9.17, 15) is 13.2 Å². The minimum atomic E-state index is -4.54. The van der Waals surface area contributed by atoms with Crippen molar-refractivity contribution in [2.24, 2.45) is 0 Å². The van der Waals surface area contributed by atoms with Gasteiger partial charge in [0.2, 0.25) is 0 Å². The first-order valence-corrected chi connectivity index (χ1v) is 10.4. The van der Waals surface area contributed by atoms with Gasteiger partial charge in [-0.2, -0.15) is 18.3 Å². The highest BCUT2D eigenvalue weighted by Crippen LogP contribution is 2.46. The molecule has 0 unspecified atom stereocenters. The highest BCUT2D eigenvalue weighted by atomic mass is 35.5. The maximum atomic E-state index is 13.1. The molecule has 1 heterocycles. The van der Waals surface area contributed by atoms with Gasteiger partial charge < -0.3 is 10.6 Å². The standard InChI is InChI=1S/C20H24ClF3N4S/c1-12(2)13-6-8-15(9-7-13)26-19(29)25-10-3-11-28-17(14-4-5-14)16(21)18(27-28)20(22,23)24/h6-9,12,14H,3-5,10-11H2,1-2H3,(H2,25,26,29). The van der Waals surface area contributed by atoms with Gasteiger partial charge in [0.15, 0.2) is 10.8 Å². The van der Waals surface area contributed by atoms with E-state index < -0.39 is 11.9 Å². The van der Waals surface area contributed by atoms with E-state index in [1.807, 2.05) is 12.1 Å². The molecule has 0 radical (unpaired) electrons. The summed E-state index contributed by atoms with van der Waals surface area (Å²) < 4.78 is 40.7. The minimum Gasteiger partial charge on any atom is -0.362 e. The maximum absolute atomic E-state index is 13.1. The van der Waals surface area contributed by atoms with Crippen LogP contribution in [-0.4, -0.2) is 21.4 Å². The van der Waals surface area contributed by atoms with Gasteiger partial charge in [0, 0.05) is 24.7 Å². The fourth-order valence-electron chi connectivity index (χ4n) is 3.11. The summed E-state index contributed by atoms with van der Waals surface area (Å²) in [5.74, 6) is 0.541. The molecule has 4 nitrogen and oxygen atoms in total. The van der Waals surface area contributed by atoms with E-state index in [0.717, 1.165) is 18.5 Å². The smallest absolute Gasteiger partial charge is 0.362 e. The van der Waals surface area contributed by atoms with Crippen LogP contribution >= 0.6 is 23.8 Å². The molecular formula is C20H24ClF3N4S. The Morgan fingerprint density at radius 2 is 1.93 bits per heavy atom. The van der Waals surface area contributed by atoms with Crippen LogP contribution in [0.3, 0.4) is 0 Å². The van der Waals surface area contributed by atoms with Crippen LogP contribution in [0.15, 0.2) is 24.3 Å². The third-order valence-electron chi connectivity index (χ3n) is 4.83. The maximum Gasteiger partial charge on any atom is 0.436 e. The molecule has 29 heavy (non-hydrogen) atoms. The van der Waals surface area contributed by atoms with Gasteiger partial charge in [-0.25, -0.2) is 0 Å². The number of hydrogen-bond acceptors (Lipinski definition) is 2. The zero-order valence-electron chi connectivity index (χ0n) is 16.3. The fraction of sp³-hybridized carbons (Fsp3) is 0.500. The van der Waals surface area contributed by atoms with Crippen molar-refractivity contribution in [3.05, 3.63) is 46.2 Å². The van der Waals surface area contributed by atoms with Gasteiger partial charge in [-0.05, 0) is 55.1 Å². The van der Waals surface area contributed by atoms with Gasteiger partial charge in [0.25, 0.3) is 0 Å². The molecule has 2 aromatic rings. The Bertz CT molecular complexity index is 858. The van der Waals surface area contributed by atoms with E-state index >= 15 is 0 Å². The molecule has 0 amide bonds. The van der Waals surface area contributed by atoms with E-state index in [1.165, 1.54) is 10.2 Å². The number of rotatable bonds is 7. The van der Waals surface area contributed by atoms with E-state index in [4.69, 9.17) is 23.8 Å². The van der Waals surface area contributed by atoms with Crippen molar-refractivity contribution in [2.45, 2.75) is 57.7 Å². The van der Waals surface area contributed by atoms with E-state index in [0.29, 0.717) is 36.2 Å². The van der Waals surface area contributed by atoms with Crippen molar-refractivity contribution in [2.75, 3.05) is 11.9 Å². The van der Waals surface area contributed by atoms with Crippen LogP contribution in [0.2, 0.25) is 5.02 Å². The summed E-state index contributed by atoms with van der Waals surface area (Å²) in [7, 11) is 0. The fourth-order valence-corrected chi connectivity index (χ4v) is 3.73. The number of anilines is 1. The number of hydrogen-bond donors (Lipinski definition) is 2. The Labute approximate surface area is 178 Å². The second-order valence-electron chi connectivity index (χ2n) is 7.55. The first kappa shape index (κ1) is 21.9. The summed E-state index contributed by atoms with van der Waals surface area (Å²) in [6, 6.07) is 8.04. The lowest BCUT2D eigenvalue weighted by atomic mass is 10.0. The van der Waals surface area contributed by atoms with Gasteiger partial charge in [-0.3, -0.25) is 4.68 Å². The molecule has 0 atom stereocenters. The summed E-state index contributed by atoms with van der Waals surface area (Å²) in [6.07, 6.45) is -2.26. The SMILES string of the molecule is CC(C)c1ccc(NC(=S)NCCCn2nc(C(F)(F)F)c(Cl)c2C2CC2)cc1. The monoisotopic (exact) mass is 444 g/mol. The van der Waals surface area contributed by atoms with Crippen molar-refractivity contribution in [1.82, 2.24) is 15.1 Å². The van der Waals surface area contributed by atoms with Gasteiger partial charge in [0.1, 0.15) is 0 Å². The number of aryl methyl sites for hydroxylation is 1.